The second-order valence-corrected chi connectivity index (χ2v) is 5.30. The summed E-state index contributed by atoms with van der Waals surface area (Å²) in [6, 6.07) is 7.73. The number of aryl methyl sites for hydroxylation is 1. The zero-order valence-electron chi connectivity index (χ0n) is 11.4. The molecule has 1 aromatic carbocycles. The average Bonchev–Trinajstić information content (AvgIpc) is 2.86. The minimum absolute atomic E-state index is 0.0745. The van der Waals surface area contributed by atoms with E-state index in [2.05, 4.69) is 5.32 Å². The minimum Gasteiger partial charge on any atom is -0.364 e. The molecule has 3 N–H and O–H groups in total. The van der Waals surface area contributed by atoms with Crippen molar-refractivity contribution in [2.45, 2.75) is 38.2 Å². The molecule has 0 bridgehead atoms. The molecule has 4 heteroatoms. The largest absolute Gasteiger partial charge is 0.364 e. The van der Waals surface area contributed by atoms with Gasteiger partial charge in [0.15, 0.2) is 0 Å². The second-order valence-electron chi connectivity index (χ2n) is 5.30. The van der Waals surface area contributed by atoms with Crippen LogP contribution >= 0.6 is 0 Å². The lowest BCUT2D eigenvalue weighted by molar-refractivity contribution is -0.127. The molecule has 1 aromatic rings. The summed E-state index contributed by atoms with van der Waals surface area (Å²) in [7, 11) is 0. The van der Waals surface area contributed by atoms with Crippen LogP contribution < -0.4 is 11.1 Å². The molecule has 0 spiro atoms. The molecule has 1 fully saturated rings. The van der Waals surface area contributed by atoms with Crippen LogP contribution in [0.15, 0.2) is 24.3 Å². The first-order valence-electron chi connectivity index (χ1n) is 6.84. The molecule has 0 aliphatic heterocycles. The summed E-state index contributed by atoms with van der Waals surface area (Å²) in [6.07, 6.45) is 4.19. The van der Waals surface area contributed by atoms with E-state index in [1.54, 1.807) is 0 Å². The smallest absolute Gasteiger partial charge is 0.250 e. The Labute approximate surface area is 114 Å². The molecule has 104 valence electrons. The normalized spacial score (nSPS) is 17.4. The van der Waals surface area contributed by atoms with Gasteiger partial charge in [-0.15, -0.1) is 0 Å². The number of carbonyl (C=O) groups excluding carboxylic acids is 1. The Morgan fingerprint density at radius 1 is 1.42 bits per heavy atom. The molecule has 0 saturated heterocycles. The average molecular weight is 262 g/mol. The van der Waals surface area contributed by atoms with Gasteiger partial charge in [0.1, 0.15) is 6.61 Å². The maximum Gasteiger partial charge on any atom is 0.250 e. The Kier molecular flexibility index (Phi) is 4.56. The lowest BCUT2D eigenvalue weighted by Gasteiger charge is -2.27. The molecule has 1 aliphatic rings. The first-order valence-corrected chi connectivity index (χ1v) is 6.84. The summed E-state index contributed by atoms with van der Waals surface area (Å²) in [5.74, 6) is -0.120. The van der Waals surface area contributed by atoms with Crippen LogP contribution in [0, 0.1) is 6.92 Å². The van der Waals surface area contributed by atoms with E-state index < -0.39 is 0 Å². The van der Waals surface area contributed by atoms with Crippen LogP contribution in [0.25, 0.3) is 0 Å². The van der Waals surface area contributed by atoms with Crippen LogP contribution in [0.5, 0.6) is 0 Å². The highest BCUT2D eigenvalue weighted by Crippen LogP contribution is 2.32. The van der Waals surface area contributed by atoms with Gasteiger partial charge in [0.2, 0.25) is 5.91 Å². The molecule has 0 radical (unpaired) electrons. The molecule has 2 rings (SSSR count). The van der Waals surface area contributed by atoms with Crippen molar-refractivity contribution < 1.29 is 9.53 Å². The first kappa shape index (κ1) is 14.0. The molecular formula is C15H22N2O2. The molecule has 1 saturated carbocycles. The van der Waals surface area contributed by atoms with E-state index in [0.29, 0.717) is 6.54 Å². The molecule has 0 atom stereocenters. The van der Waals surface area contributed by atoms with E-state index in [1.807, 2.05) is 31.2 Å². The van der Waals surface area contributed by atoms with E-state index in [0.717, 1.165) is 36.9 Å². The Morgan fingerprint density at radius 2 is 2.16 bits per heavy atom. The van der Waals surface area contributed by atoms with Crippen LogP contribution in [0.4, 0.5) is 5.69 Å². The van der Waals surface area contributed by atoms with Gasteiger partial charge in [-0.25, -0.2) is 0 Å². The monoisotopic (exact) mass is 262 g/mol. The summed E-state index contributed by atoms with van der Waals surface area (Å²) < 4.78 is 5.77. The predicted molar refractivity (Wildman–Crippen MR) is 76.0 cm³/mol. The number of carbonyl (C=O) groups is 1. The van der Waals surface area contributed by atoms with Gasteiger partial charge in [-0.3, -0.25) is 4.79 Å². The molecule has 4 nitrogen and oxygen atoms in total. The number of benzene rings is 1. The molecule has 0 unspecified atom stereocenters. The third-order valence-electron chi connectivity index (χ3n) is 3.70. The number of nitrogens with one attached hydrogen (secondary N) is 1. The lowest BCUT2D eigenvalue weighted by Crippen LogP contribution is -2.40. The van der Waals surface area contributed by atoms with Crippen molar-refractivity contribution in [3.8, 4) is 0 Å². The fourth-order valence-electron chi connectivity index (χ4n) is 2.57. The predicted octanol–water partition coefficient (Wildman–Crippen LogP) is 2.22. The fourth-order valence-corrected chi connectivity index (χ4v) is 2.57. The third-order valence-corrected chi connectivity index (χ3v) is 3.70. The van der Waals surface area contributed by atoms with Gasteiger partial charge >= 0.3 is 0 Å². The number of hydrogen-bond acceptors (Lipinski definition) is 3. The van der Waals surface area contributed by atoms with Crippen LogP contribution in [0.1, 0.15) is 31.2 Å². The summed E-state index contributed by atoms with van der Waals surface area (Å²) in [4.78, 5) is 11.9. The van der Waals surface area contributed by atoms with Crippen molar-refractivity contribution in [2.75, 3.05) is 18.5 Å². The van der Waals surface area contributed by atoms with Crippen LogP contribution in [0.3, 0.4) is 0 Å². The van der Waals surface area contributed by atoms with Crippen molar-refractivity contribution >= 4 is 11.6 Å². The number of anilines is 1. The van der Waals surface area contributed by atoms with Gasteiger partial charge < -0.3 is 15.8 Å². The number of nitrogens with two attached hydrogens (primary N) is 1. The second kappa shape index (κ2) is 6.17. The van der Waals surface area contributed by atoms with Gasteiger partial charge in [-0.2, -0.15) is 0 Å². The number of amides is 1. The quantitative estimate of drug-likeness (QED) is 0.855. The molecule has 1 aliphatic carbocycles. The SMILES string of the molecule is Cc1cccc(NC(=O)COC2(CN)CCCC2)c1. The van der Waals surface area contributed by atoms with Crippen molar-refractivity contribution in [1.82, 2.24) is 0 Å². The Morgan fingerprint density at radius 3 is 2.79 bits per heavy atom. The lowest BCUT2D eigenvalue weighted by atomic mass is 10.0. The summed E-state index contributed by atoms with van der Waals surface area (Å²) >= 11 is 0. The van der Waals surface area contributed by atoms with Gasteiger partial charge in [0, 0.05) is 12.2 Å². The molecule has 0 aromatic heterocycles. The van der Waals surface area contributed by atoms with Crippen LogP contribution in [-0.4, -0.2) is 24.7 Å². The summed E-state index contributed by atoms with van der Waals surface area (Å²) in [6.45, 7) is 2.56. The minimum atomic E-state index is -0.274. The molecule has 0 heterocycles. The van der Waals surface area contributed by atoms with E-state index in [4.69, 9.17) is 10.5 Å². The van der Waals surface area contributed by atoms with E-state index in [9.17, 15) is 4.79 Å². The Bertz CT molecular complexity index is 440. The molecule has 19 heavy (non-hydrogen) atoms. The van der Waals surface area contributed by atoms with Gasteiger partial charge in [-0.1, -0.05) is 25.0 Å². The highest BCUT2D eigenvalue weighted by atomic mass is 16.5. The van der Waals surface area contributed by atoms with E-state index >= 15 is 0 Å². The maximum absolute atomic E-state index is 11.9. The van der Waals surface area contributed by atoms with Crippen molar-refractivity contribution in [1.29, 1.82) is 0 Å². The fraction of sp³-hybridized carbons (Fsp3) is 0.533. The summed E-state index contributed by atoms with van der Waals surface area (Å²) in [5.41, 5.74) is 7.42. The highest BCUT2D eigenvalue weighted by molar-refractivity contribution is 5.91. The number of hydrogen-bond donors (Lipinski definition) is 2. The van der Waals surface area contributed by atoms with Crippen molar-refractivity contribution in [3.05, 3.63) is 29.8 Å². The number of rotatable bonds is 5. The van der Waals surface area contributed by atoms with E-state index in [-0.39, 0.29) is 18.1 Å². The zero-order chi connectivity index (χ0) is 13.7. The zero-order valence-corrected chi connectivity index (χ0v) is 11.4. The van der Waals surface area contributed by atoms with Crippen molar-refractivity contribution in [2.24, 2.45) is 5.73 Å². The first-order chi connectivity index (χ1) is 9.13. The Hall–Kier alpha value is -1.39. The van der Waals surface area contributed by atoms with Crippen molar-refractivity contribution in [3.63, 3.8) is 0 Å². The maximum atomic E-state index is 11.9. The van der Waals surface area contributed by atoms with E-state index in [1.165, 1.54) is 0 Å². The van der Waals surface area contributed by atoms with Gasteiger partial charge in [0.05, 0.1) is 5.60 Å². The van der Waals surface area contributed by atoms with Gasteiger partial charge in [0.25, 0.3) is 0 Å². The standard InChI is InChI=1S/C15H22N2O2/c1-12-5-4-6-13(9-12)17-14(18)10-19-15(11-16)7-2-3-8-15/h4-6,9H,2-3,7-8,10-11,16H2,1H3,(H,17,18). The number of ether oxygens (including phenoxy) is 1. The highest BCUT2D eigenvalue weighted by Gasteiger charge is 2.33. The molecular weight excluding hydrogens is 240 g/mol. The summed E-state index contributed by atoms with van der Waals surface area (Å²) in [5, 5.41) is 2.84. The molecule has 1 amide bonds. The van der Waals surface area contributed by atoms with Crippen LogP contribution in [0.2, 0.25) is 0 Å². The topological polar surface area (TPSA) is 64.3 Å². The van der Waals surface area contributed by atoms with Crippen LogP contribution in [-0.2, 0) is 9.53 Å². The Balaban J connectivity index is 1.84. The third kappa shape index (κ3) is 3.78. The van der Waals surface area contributed by atoms with Gasteiger partial charge in [-0.05, 0) is 37.5 Å².